The van der Waals surface area contributed by atoms with Crippen molar-refractivity contribution in [3.8, 4) is 11.4 Å². The van der Waals surface area contributed by atoms with Crippen LogP contribution in [-0.2, 0) is 22.8 Å². The average molecular weight is 463 g/mol. The maximum absolute atomic E-state index is 12.8. The largest absolute Gasteiger partial charge is 0.356 e. The molecule has 1 aromatic heterocycles. The van der Waals surface area contributed by atoms with E-state index in [0.29, 0.717) is 18.0 Å². The highest BCUT2D eigenvalue weighted by atomic mass is 32.2. The normalized spacial score (nSPS) is 17.0. The smallest absolute Gasteiger partial charge is 0.179 e. The Morgan fingerprint density at radius 1 is 0.818 bits per heavy atom. The van der Waals surface area contributed by atoms with Gasteiger partial charge in [-0.25, -0.2) is 18.4 Å². The fourth-order valence-electron chi connectivity index (χ4n) is 4.72. The SMILES string of the molecule is O=S(=O)(CCN1CCc2nc(-c3ccccc3)nc(N3CCCCC3)c2C1)c1ccccc1. The number of hydrogen-bond donors (Lipinski definition) is 0. The molecular weight excluding hydrogens is 432 g/mol. The zero-order chi connectivity index (χ0) is 22.7. The summed E-state index contributed by atoms with van der Waals surface area (Å²) in [7, 11) is -3.29. The maximum atomic E-state index is 12.8. The predicted octanol–water partition coefficient (Wildman–Crippen LogP) is 3.97. The van der Waals surface area contributed by atoms with Gasteiger partial charge in [-0.1, -0.05) is 48.5 Å². The van der Waals surface area contributed by atoms with Gasteiger partial charge in [0.05, 0.1) is 16.3 Å². The molecule has 0 spiro atoms. The number of rotatable bonds is 6. The molecule has 1 fully saturated rings. The fourth-order valence-corrected chi connectivity index (χ4v) is 6.03. The lowest BCUT2D eigenvalue weighted by Gasteiger charge is -2.34. The van der Waals surface area contributed by atoms with Gasteiger partial charge in [-0.2, -0.15) is 0 Å². The Morgan fingerprint density at radius 2 is 1.52 bits per heavy atom. The molecule has 2 aromatic carbocycles. The molecule has 2 aliphatic heterocycles. The van der Waals surface area contributed by atoms with Crippen LogP contribution in [0.15, 0.2) is 65.6 Å². The summed E-state index contributed by atoms with van der Waals surface area (Å²) in [4.78, 5) is 15.0. The second kappa shape index (κ2) is 9.61. The number of aromatic nitrogens is 2. The van der Waals surface area contributed by atoms with E-state index < -0.39 is 9.84 Å². The number of sulfone groups is 1. The second-order valence-corrected chi connectivity index (χ2v) is 11.0. The Morgan fingerprint density at radius 3 is 2.24 bits per heavy atom. The molecule has 2 aliphatic rings. The van der Waals surface area contributed by atoms with E-state index in [1.807, 2.05) is 24.3 Å². The van der Waals surface area contributed by atoms with Gasteiger partial charge in [0.1, 0.15) is 5.82 Å². The number of nitrogens with zero attached hydrogens (tertiary/aromatic N) is 4. The van der Waals surface area contributed by atoms with Crippen LogP contribution >= 0.6 is 0 Å². The lowest BCUT2D eigenvalue weighted by molar-refractivity contribution is 0.266. The van der Waals surface area contributed by atoms with Gasteiger partial charge < -0.3 is 4.90 Å². The molecular formula is C26H30N4O2S. The third-order valence-corrected chi connectivity index (χ3v) is 8.29. The van der Waals surface area contributed by atoms with Crippen molar-refractivity contribution in [2.45, 2.75) is 37.1 Å². The van der Waals surface area contributed by atoms with Crippen molar-refractivity contribution >= 4 is 15.7 Å². The quantitative estimate of drug-likeness (QED) is 0.552. The summed E-state index contributed by atoms with van der Waals surface area (Å²) < 4.78 is 25.6. The van der Waals surface area contributed by atoms with Crippen LogP contribution in [0.2, 0.25) is 0 Å². The average Bonchev–Trinajstić information content (AvgIpc) is 2.88. The molecule has 0 aliphatic carbocycles. The summed E-state index contributed by atoms with van der Waals surface area (Å²) in [6, 6.07) is 18.9. The highest BCUT2D eigenvalue weighted by molar-refractivity contribution is 7.91. The summed E-state index contributed by atoms with van der Waals surface area (Å²) in [5, 5.41) is 0. The Labute approximate surface area is 196 Å². The lowest BCUT2D eigenvalue weighted by Crippen LogP contribution is -2.38. The second-order valence-electron chi connectivity index (χ2n) is 8.87. The molecule has 0 atom stereocenters. The van der Waals surface area contributed by atoms with E-state index in [9.17, 15) is 8.42 Å². The molecule has 3 aromatic rings. The van der Waals surface area contributed by atoms with Gasteiger partial charge in [0, 0.05) is 50.3 Å². The van der Waals surface area contributed by atoms with Gasteiger partial charge in [-0.05, 0) is 31.4 Å². The molecule has 172 valence electrons. The summed E-state index contributed by atoms with van der Waals surface area (Å²) in [6.45, 7) is 4.04. The number of benzene rings is 2. The molecule has 0 N–H and O–H groups in total. The van der Waals surface area contributed by atoms with E-state index in [1.54, 1.807) is 24.3 Å². The standard InChI is InChI=1S/C26H30N4O2S/c31-33(32,22-12-6-2-7-13-22)19-18-29-17-14-24-23(20-29)26(30-15-8-3-9-16-30)28-25(27-24)21-10-4-1-5-11-21/h1-2,4-7,10-13H,3,8-9,14-20H2. The van der Waals surface area contributed by atoms with Crippen molar-refractivity contribution in [2.24, 2.45) is 0 Å². The Kier molecular flexibility index (Phi) is 6.42. The highest BCUT2D eigenvalue weighted by Gasteiger charge is 2.27. The molecule has 0 radical (unpaired) electrons. The molecule has 33 heavy (non-hydrogen) atoms. The van der Waals surface area contributed by atoms with Crippen LogP contribution in [0.1, 0.15) is 30.5 Å². The minimum absolute atomic E-state index is 0.119. The topological polar surface area (TPSA) is 66.4 Å². The number of hydrogen-bond acceptors (Lipinski definition) is 6. The van der Waals surface area contributed by atoms with Gasteiger partial charge >= 0.3 is 0 Å². The predicted molar refractivity (Wildman–Crippen MR) is 131 cm³/mol. The fraction of sp³-hybridized carbons (Fsp3) is 0.385. The van der Waals surface area contributed by atoms with Gasteiger partial charge in [0.25, 0.3) is 0 Å². The Hall–Kier alpha value is -2.77. The Balaban J connectivity index is 1.40. The molecule has 7 heteroatoms. The van der Waals surface area contributed by atoms with E-state index in [4.69, 9.17) is 9.97 Å². The first kappa shape index (κ1) is 22.0. The highest BCUT2D eigenvalue weighted by Crippen LogP contribution is 2.31. The molecule has 0 saturated carbocycles. The number of fused-ring (bicyclic) bond motifs is 1. The van der Waals surface area contributed by atoms with E-state index in [1.165, 1.54) is 24.8 Å². The van der Waals surface area contributed by atoms with Crippen molar-refractivity contribution in [3.63, 3.8) is 0 Å². The van der Waals surface area contributed by atoms with E-state index in [-0.39, 0.29) is 5.75 Å². The van der Waals surface area contributed by atoms with Crippen LogP contribution in [-0.4, -0.2) is 55.2 Å². The Bertz CT molecular complexity index is 1190. The lowest BCUT2D eigenvalue weighted by atomic mass is 10.0. The minimum Gasteiger partial charge on any atom is -0.356 e. The molecule has 0 amide bonds. The third-order valence-electron chi connectivity index (χ3n) is 6.58. The summed E-state index contributed by atoms with van der Waals surface area (Å²) in [5.41, 5.74) is 3.31. The molecule has 1 saturated heterocycles. The monoisotopic (exact) mass is 462 g/mol. The van der Waals surface area contributed by atoms with Crippen molar-refractivity contribution in [1.29, 1.82) is 0 Å². The molecule has 6 nitrogen and oxygen atoms in total. The summed E-state index contributed by atoms with van der Waals surface area (Å²) in [6.07, 6.45) is 4.43. The first-order chi connectivity index (χ1) is 16.1. The van der Waals surface area contributed by atoms with Crippen LogP contribution in [0.3, 0.4) is 0 Å². The van der Waals surface area contributed by atoms with Crippen molar-refractivity contribution in [2.75, 3.05) is 36.8 Å². The third kappa shape index (κ3) is 4.94. The molecule has 0 unspecified atom stereocenters. The van der Waals surface area contributed by atoms with Crippen molar-refractivity contribution in [3.05, 3.63) is 71.9 Å². The summed E-state index contributed by atoms with van der Waals surface area (Å²) >= 11 is 0. The van der Waals surface area contributed by atoms with Crippen LogP contribution in [0.25, 0.3) is 11.4 Å². The van der Waals surface area contributed by atoms with Crippen LogP contribution in [0.4, 0.5) is 5.82 Å². The van der Waals surface area contributed by atoms with Gasteiger partial charge in [0.2, 0.25) is 0 Å². The minimum atomic E-state index is -3.29. The first-order valence-electron chi connectivity index (χ1n) is 11.8. The number of piperidine rings is 1. The molecule has 3 heterocycles. The van der Waals surface area contributed by atoms with Gasteiger partial charge in [0.15, 0.2) is 15.7 Å². The molecule has 0 bridgehead atoms. The van der Waals surface area contributed by atoms with Crippen molar-refractivity contribution < 1.29 is 8.42 Å². The first-order valence-corrected chi connectivity index (χ1v) is 13.5. The van der Waals surface area contributed by atoms with Gasteiger partial charge in [-0.15, -0.1) is 0 Å². The maximum Gasteiger partial charge on any atom is 0.179 e. The molecule has 5 rings (SSSR count). The van der Waals surface area contributed by atoms with E-state index in [2.05, 4.69) is 21.9 Å². The summed E-state index contributed by atoms with van der Waals surface area (Å²) in [5.74, 6) is 1.94. The van der Waals surface area contributed by atoms with Crippen LogP contribution in [0, 0.1) is 0 Å². The number of anilines is 1. The van der Waals surface area contributed by atoms with Crippen LogP contribution < -0.4 is 4.90 Å². The van der Waals surface area contributed by atoms with Crippen LogP contribution in [0.5, 0.6) is 0 Å². The van der Waals surface area contributed by atoms with Gasteiger partial charge in [-0.3, -0.25) is 4.90 Å². The zero-order valence-electron chi connectivity index (χ0n) is 18.9. The van der Waals surface area contributed by atoms with E-state index in [0.717, 1.165) is 49.0 Å². The zero-order valence-corrected chi connectivity index (χ0v) is 19.7. The van der Waals surface area contributed by atoms with E-state index >= 15 is 0 Å². The van der Waals surface area contributed by atoms with Crippen molar-refractivity contribution in [1.82, 2.24) is 14.9 Å².